The summed E-state index contributed by atoms with van der Waals surface area (Å²) in [5.41, 5.74) is 1.50. The maximum Gasteiger partial charge on any atom is 0.134 e. The van der Waals surface area contributed by atoms with Crippen LogP contribution in [0.3, 0.4) is 0 Å². The maximum atomic E-state index is 10.9. The number of carbonyl (C=O) groups excluding carboxylic acids is 1. The number of ketones is 1. The van der Waals surface area contributed by atoms with E-state index in [1.165, 1.54) is 6.92 Å². The first kappa shape index (κ1) is 11.1. The molecule has 2 nitrogen and oxygen atoms in total. The molecular weight excluding hydrogens is 200 g/mol. The van der Waals surface area contributed by atoms with E-state index in [1.807, 2.05) is 6.92 Å². The van der Waals surface area contributed by atoms with Crippen molar-refractivity contribution < 1.29 is 9.90 Å². The molecule has 0 saturated carbocycles. The van der Waals surface area contributed by atoms with Crippen molar-refractivity contribution in [3.63, 3.8) is 0 Å². The number of hydrogen-bond donors (Lipinski definition) is 1. The van der Waals surface area contributed by atoms with E-state index in [4.69, 9.17) is 11.6 Å². The molecule has 0 aliphatic carbocycles. The quantitative estimate of drug-likeness (QED) is 0.837. The summed E-state index contributed by atoms with van der Waals surface area (Å²) >= 11 is 5.96. The van der Waals surface area contributed by atoms with Crippen molar-refractivity contribution in [2.24, 2.45) is 0 Å². The second kappa shape index (κ2) is 4.47. The number of rotatable bonds is 3. The molecule has 0 aromatic heterocycles. The molecule has 0 radical (unpaired) electrons. The van der Waals surface area contributed by atoms with Gasteiger partial charge in [-0.05, 0) is 31.0 Å². The first-order valence-corrected chi connectivity index (χ1v) is 4.92. The van der Waals surface area contributed by atoms with Gasteiger partial charge in [-0.25, -0.2) is 0 Å². The number of aryl methyl sites for hydroxylation is 1. The van der Waals surface area contributed by atoms with Gasteiger partial charge < -0.3 is 5.11 Å². The van der Waals surface area contributed by atoms with Crippen LogP contribution in [0.2, 0.25) is 5.02 Å². The number of phenolic OH excluding ortho intramolecular Hbond substituents is 1. The van der Waals surface area contributed by atoms with Crippen LogP contribution in [0.15, 0.2) is 12.1 Å². The molecular formula is C11H13ClO2. The number of hydrogen-bond acceptors (Lipinski definition) is 2. The molecule has 0 atom stereocenters. The van der Waals surface area contributed by atoms with E-state index in [9.17, 15) is 9.90 Å². The molecule has 0 saturated heterocycles. The Hall–Kier alpha value is -1.02. The summed E-state index contributed by atoms with van der Waals surface area (Å²) in [6.45, 7) is 3.45. The Kier molecular flexibility index (Phi) is 3.53. The largest absolute Gasteiger partial charge is 0.508 e. The number of aromatic hydroxyl groups is 1. The van der Waals surface area contributed by atoms with Gasteiger partial charge in [0.15, 0.2) is 0 Å². The molecule has 1 aromatic rings. The van der Waals surface area contributed by atoms with Crippen LogP contribution in [0.1, 0.15) is 25.0 Å². The van der Waals surface area contributed by atoms with Crippen molar-refractivity contribution in [1.29, 1.82) is 0 Å². The molecule has 0 aliphatic rings. The van der Waals surface area contributed by atoms with Gasteiger partial charge in [-0.1, -0.05) is 18.5 Å². The number of benzene rings is 1. The predicted octanol–water partition coefficient (Wildman–Crippen LogP) is 2.74. The minimum Gasteiger partial charge on any atom is -0.508 e. The lowest BCUT2D eigenvalue weighted by Crippen LogP contribution is -1.97. The zero-order valence-electron chi connectivity index (χ0n) is 8.30. The van der Waals surface area contributed by atoms with Crippen LogP contribution in [-0.2, 0) is 17.6 Å². The SMILES string of the molecule is CCc1cc(O)c(CC(C)=O)cc1Cl. The fourth-order valence-corrected chi connectivity index (χ4v) is 1.65. The normalized spacial score (nSPS) is 10.2. The van der Waals surface area contributed by atoms with Crippen molar-refractivity contribution in [3.05, 3.63) is 28.3 Å². The average Bonchev–Trinajstić information content (AvgIpc) is 2.10. The lowest BCUT2D eigenvalue weighted by molar-refractivity contribution is -0.116. The van der Waals surface area contributed by atoms with Crippen molar-refractivity contribution in [2.45, 2.75) is 26.7 Å². The van der Waals surface area contributed by atoms with Gasteiger partial charge in [0.2, 0.25) is 0 Å². The summed E-state index contributed by atoms with van der Waals surface area (Å²) in [5.74, 6) is 0.169. The third kappa shape index (κ3) is 2.48. The number of Topliss-reactive ketones (excluding diaryl/α,β-unsaturated/α-hetero) is 1. The van der Waals surface area contributed by atoms with Gasteiger partial charge in [-0.3, -0.25) is 4.79 Å². The van der Waals surface area contributed by atoms with E-state index in [1.54, 1.807) is 12.1 Å². The summed E-state index contributed by atoms with van der Waals surface area (Å²) in [6.07, 6.45) is 1.00. The molecule has 0 aliphatic heterocycles. The minimum atomic E-state index is 0.0145. The van der Waals surface area contributed by atoms with Crippen LogP contribution in [0, 0.1) is 0 Å². The van der Waals surface area contributed by atoms with Gasteiger partial charge >= 0.3 is 0 Å². The average molecular weight is 213 g/mol. The second-order valence-electron chi connectivity index (χ2n) is 3.30. The van der Waals surface area contributed by atoms with Gasteiger partial charge in [-0.15, -0.1) is 0 Å². The Balaban J connectivity index is 3.08. The Morgan fingerprint density at radius 2 is 2.07 bits per heavy atom. The van der Waals surface area contributed by atoms with Crippen LogP contribution in [-0.4, -0.2) is 10.9 Å². The van der Waals surface area contributed by atoms with E-state index >= 15 is 0 Å². The standard InChI is InChI=1S/C11H13ClO2/c1-3-8-6-11(14)9(4-7(2)13)5-10(8)12/h5-6,14H,3-4H2,1-2H3. The lowest BCUT2D eigenvalue weighted by Gasteiger charge is -2.07. The zero-order valence-corrected chi connectivity index (χ0v) is 9.06. The van der Waals surface area contributed by atoms with Gasteiger partial charge in [0, 0.05) is 17.0 Å². The molecule has 0 heterocycles. The molecule has 0 amide bonds. The van der Waals surface area contributed by atoms with Crippen molar-refractivity contribution >= 4 is 17.4 Å². The number of halogens is 1. The van der Waals surface area contributed by atoms with E-state index in [0.717, 1.165) is 12.0 Å². The fourth-order valence-electron chi connectivity index (χ4n) is 1.33. The summed E-state index contributed by atoms with van der Waals surface area (Å²) < 4.78 is 0. The molecule has 0 spiro atoms. The lowest BCUT2D eigenvalue weighted by atomic mass is 10.0. The predicted molar refractivity (Wildman–Crippen MR) is 56.9 cm³/mol. The highest BCUT2D eigenvalue weighted by molar-refractivity contribution is 6.31. The highest BCUT2D eigenvalue weighted by Crippen LogP contribution is 2.27. The van der Waals surface area contributed by atoms with Gasteiger partial charge in [0.25, 0.3) is 0 Å². The Bertz CT molecular complexity index is 359. The third-order valence-electron chi connectivity index (χ3n) is 2.07. The van der Waals surface area contributed by atoms with Gasteiger partial charge in [-0.2, -0.15) is 0 Å². The van der Waals surface area contributed by atoms with Crippen LogP contribution < -0.4 is 0 Å². The first-order valence-electron chi connectivity index (χ1n) is 4.54. The smallest absolute Gasteiger partial charge is 0.134 e. The van der Waals surface area contributed by atoms with Crippen LogP contribution in [0.4, 0.5) is 0 Å². The topological polar surface area (TPSA) is 37.3 Å². The monoisotopic (exact) mass is 212 g/mol. The number of phenols is 1. The molecule has 1 aromatic carbocycles. The highest BCUT2D eigenvalue weighted by Gasteiger charge is 2.08. The summed E-state index contributed by atoms with van der Waals surface area (Å²) in [5, 5.41) is 10.2. The third-order valence-corrected chi connectivity index (χ3v) is 2.42. The van der Waals surface area contributed by atoms with Crippen LogP contribution >= 0.6 is 11.6 Å². The Morgan fingerprint density at radius 3 is 2.57 bits per heavy atom. The Labute approximate surface area is 88.5 Å². The molecule has 1 rings (SSSR count). The molecule has 1 N–H and O–H groups in total. The number of carbonyl (C=O) groups is 1. The summed E-state index contributed by atoms with van der Waals surface area (Å²) in [4.78, 5) is 10.9. The van der Waals surface area contributed by atoms with E-state index < -0.39 is 0 Å². The van der Waals surface area contributed by atoms with Crippen molar-refractivity contribution in [2.75, 3.05) is 0 Å². The Morgan fingerprint density at radius 1 is 1.43 bits per heavy atom. The second-order valence-corrected chi connectivity index (χ2v) is 3.71. The van der Waals surface area contributed by atoms with E-state index in [2.05, 4.69) is 0 Å². The summed E-state index contributed by atoms with van der Waals surface area (Å²) in [7, 11) is 0. The highest BCUT2D eigenvalue weighted by atomic mass is 35.5. The first-order chi connectivity index (χ1) is 6.54. The molecule has 0 bridgehead atoms. The van der Waals surface area contributed by atoms with Crippen molar-refractivity contribution in [1.82, 2.24) is 0 Å². The molecule has 76 valence electrons. The molecule has 0 fully saturated rings. The van der Waals surface area contributed by atoms with Crippen LogP contribution in [0.25, 0.3) is 0 Å². The molecule has 14 heavy (non-hydrogen) atoms. The molecule has 3 heteroatoms. The fraction of sp³-hybridized carbons (Fsp3) is 0.364. The van der Waals surface area contributed by atoms with E-state index in [-0.39, 0.29) is 18.0 Å². The minimum absolute atomic E-state index is 0.0145. The summed E-state index contributed by atoms with van der Waals surface area (Å²) in [6, 6.07) is 3.29. The zero-order chi connectivity index (χ0) is 10.7. The van der Waals surface area contributed by atoms with Crippen molar-refractivity contribution in [3.8, 4) is 5.75 Å². The van der Waals surface area contributed by atoms with Crippen LogP contribution in [0.5, 0.6) is 5.75 Å². The maximum absolute atomic E-state index is 10.9. The van der Waals surface area contributed by atoms with Gasteiger partial charge in [0.1, 0.15) is 11.5 Å². The van der Waals surface area contributed by atoms with E-state index in [0.29, 0.717) is 10.6 Å². The molecule has 0 unspecified atom stereocenters. The van der Waals surface area contributed by atoms with Gasteiger partial charge in [0.05, 0.1) is 0 Å².